The van der Waals surface area contributed by atoms with Crippen LogP contribution in [0.5, 0.6) is 0 Å². The predicted molar refractivity (Wildman–Crippen MR) is 96.5 cm³/mol. The van der Waals surface area contributed by atoms with Gasteiger partial charge in [0.15, 0.2) is 0 Å². The minimum atomic E-state index is -3.44. The molecule has 2 rings (SSSR count). The van der Waals surface area contributed by atoms with Crippen molar-refractivity contribution in [1.82, 2.24) is 14.5 Å². The first kappa shape index (κ1) is 20.9. The van der Waals surface area contributed by atoms with Gasteiger partial charge in [0.2, 0.25) is 15.0 Å². The van der Waals surface area contributed by atoms with Gasteiger partial charge in [0.05, 0.1) is 43.4 Å². The summed E-state index contributed by atoms with van der Waals surface area (Å²) in [6, 6.07) is 0. The van der Waals surface area contributed by atoms with E-state index < -0.39 is 9.84 Å². The number of rotatable bonds is 10. The van der Waals surface area contributed by atoms with Crippen molar-refractivity contribution in [1.29, 1.82) is 0 Å². The minimum Gasteiger partial charge on any atom is -0.465 e. The Morgan fingerprint density at radius 1 is 1.46 bits per heavy atom. The zero-order valence-electron chi connectivity index (χ0n) is 15.8. The van der Waals surface area contributed by atoms with Crippen molar-refractivity contribution in [3.05, 3.63) is 11.9 Å². The summed E-state index contributed by atoms with van der Waals surface area (Å²) < 4.78 is 37.5. The number of ether oxygens (including phenoxy) is 2. The summed E-state index contributed by atoms with van der Waals surface area (Å²) in [5, 5.41) is 0.0920. The van der Waals surface area contributed by atoms with E-state index in [1.807, 2.05) is 6.92 Å². The van der Waals surface area contributed by atoms with Crippen LogP contribution in [0.25, 0.3) is 0 Å². The molecule has 9 heteroatoms. The highest BCUT2D eigenvalue weighted by atomic mass is 32.2. The van der Waals surface area contributed by atoms with Crippen LogP contribution in [-0.4, -0.2) is 67.5 Å². The minimum absolute atomic E-state index is 0.00566. The van der Waals surface area contributed by atoms with Crippen molar-refractivity contribution < 1.29 is 22.7 Å². The molecule has 1 atom stereocenters. The first-order valence-electron chi connectivity index (χ1n) is 9.10. The molecule has 0 N–H and O–H groups in total. The zero-order valence-corrected chi connectivity index (χ0v) is 16.6. The number of hydrogen-bond donors (Lipinski definition) is 0. The van der Waals surface area contributed by atoms with Crippen LogP contribution in [0.1, 0.15) is 38.8 Å². The summed E-state index contributed by atoms with van der Waals surface area (Å²) >= 11 is 0. The maximum Gasteiger partial charge on any atom is 0.320 e. The van der Waals surface area contributed by atoms with Gasteiger partial charge in [-0.1, -0.05) is 6.92 Å². The van der Waals surface area contributed by atoms with Crippen molar-refractivity contribution in [2.45, 2.75) is 57.5 Å². The van der Waals surface area contributed by atoms with Crippen LogP contribution in [-0.2, 0) is 37.2 Å². The highest BCUT2D eigenvalue weighted by Crippen LogP contribution is 2.20. The third kappa shape index (κ3) is 5.52. The summed E-state index contributed by atoms with van der Waals surface area (Å²) in [7, 11) is -1.65. The molecule has 0 saturated carbocycles. The standard InChI is InChI=1S/C17H29N3O5S/c1-4-9-26(22,23)17-18-10-14(11-19(3)13-16(21)24-5-2)20(17)12-15-7-6-8-25-15/h10,15H,4-9,11-13H2,1-3H3. The normalized spacial score (nSPS) is 17.8. The molecule has 1 unspecified atom stereocenters. The number of likely N-dealkylation sites (N-methyl/N-ethyl adjacent to an activating group) is 1. The van der Waals surface area contributed by atoms with E-state index >= 15 is 0 Å². The third-order valence-electron chi connectivity index (χ3n) is 4.20. The van der Waals surface area contributed by atoms with Crippen molar-refractivity contribution in [3.63, 3.8) is 0 Å². The predicted octanol–water partition coefficient (Wildman–Crippen LogP) is 1.24. The van der Waals surface area contributed by atoms with Crippen molar-refractivity contribution in [2.24, 2.45) is 0 Å². The van der Waals surface area contributed by atoms with E-state index in [1.165, 1.54) is 0 Å². The molecule has 0 spiro atoms. The van der Waals surface area contributed by atoms with Crippen LogP contribution in [0, 0.1) is 0 Å². The number of esters is 1. The molecular formula is C17H29N3O5S. The van der Waals surface area contributed by atoms with E-state index in [1.54, 1.807) is 29.6 Å². The van der Waals surface area contributed by atoms with Crippen LogP contribution < -0.4 is 0 Å². The fraction of sp³-hybridized carbons (Fsp3) is 0.765. The van der Waals surface area contributed by atoms with Gasteiger partial charge in [-0.05, 0) is 33.2 Å². The molecule has 0 amide bonds. The Hall–Kier alpha value is -1.45. The summed E-state index contributed by atoms with van der Waals surface area (Å²) in [5.74, 6) is -0.243. The fourth-order valence-corrected chi connectivity index (χ4v) is 4.53. The van der Waals surface area contributed by atoms with Crippen LogP contribution in [0.15, 0.2) is 11.4 Å². The molecule has 1 fully saturated rings. The summed E-state index contributed by atoms with van der Waals surface area (Å²) in [5.41, 5.74) is 0.752. The molecule has 1 aromatic rings. The highest BCUT2D eigenvalue weighted by molar-refractivity contribution is 7.91. The molecule has 1 aliphatic heterocycles. The average Bonchev–Trinajstić information content (AvgIpc) is 3.19. The van der Waals surface area contributed by atoms with Crippen LogP contribution in [0.4, 0.5) is 0 Å². The van der Waals surface area contributed by atoms with Gasteiger partial charge >= 0.3 is 5.97 Å². The van der Waals surface area contributed by atoms with Gasteiger partial charge < -0.3 is 14.0 Å². The van der Waals surface area contributed by atoms with Gasteiger partial charge in [0, 0.05) is 13.2 Å². The molecule has 0 bridgehead atoms. The van der Waals surface area contributed by atoms with E-state index in [-0.39, 0.29) is 29.5 Å². The molecule has 26 heavy (non-hydrogen) atoms. The monoisotopic (exact) mass is 387 g/mol. The fourth-order valence-electron chi connectivity index (χ4n) is 3.07. The third-order valence-corrected chi connectivity index (χ3v) is 6.03. The lowest BCUT2D eigenvalue weighted by Crippen LogP contribution is -2.29. The number of aromatic nitrogens is 2. The lowest BCUT2D eigenvalue weighted by Gasteiger charge is -2.19. The maximum absolute atomic E-state index is 12.6. The van der Waals surface area contributed by atoms with E-state index in [4.69, 9.17) is 9.47 Å². The highest BCUT2D eigenvalue weighted by Gasteiger charge is 2.26. The Kier molecular flexibility index (Phi) is 7.60. The molecule has 8 nitrogen and oxygen atoms in total. The van der Waals surface area contributed by atoms with Crippen LogP contribution in [0.3, 0.4) is 0 Å². The summed E-state index contributed by atoms with van der Waals surface area (Å²) in [6.45, 7) is 5.63. The molecule has 0 aromatic carbocycles. The number of imidazole rings is 1. The first-order valence-corrected chi connectivity index (χ1v) is 10.8. The van der Waals surface area contributed by atoms with Gasteiger partial charge in [0.1, 0.15) is 0 Å². The summed E-state index contributed by atoms with van der Waals surface area (Å²) in [6.07, 6.45) is 4.00. The van der Waals surface area contributed by atoms with Crippen molar-refractivity contribution in [2.75, 3.05) is 32.6 Å². The molecule has 2 heterocycles. The van der Waals surface area contributed by atoms with E-state index in [0.29, 0.717) is 32.7 Å². The van der Waals surface area contributed by atoms with Gasteiger partial charge in [-0.2, -0.15) is 0 Å². The molecule has 1 aromatic heterocycles. The summed E-state index contributed by atoms with van der Waals surface area (Å²) in [4.78, 5) is 17.6. The molecule has 1 aliphatic rings. The molecule has 1 saturated heterocycles. The van der Waals surface area contributed by atoms with Gasteiger partial charge in [-0.15, -0.1) is 0 Å². The Morgan fingerprint density at radius 2 is 2.23 bits per heavy atom. The molecular weight excluding hydrogens is 358 g/mol. The van der Waals surface area contributed by atoms with Gasteiger partial charge in [-0.25, -0.2) is 13.4 Å². The number of carbonyl (C=O) groups excluding carboxylic acids is 1. The lowest BCUT2D eigenvalue weighted by molar-refractivity contribution is -0.144. The van der Waals surface area contributed by atoms with E-state index in [0.717, 1.165) is 18.5 Å². The van der Waals surface area contributed by atoms with Crippen molar-refractivity contribution >= 4 is 15.8 Å². The first-order chi connectivity index (χ1) is 12.4. The van der Waals surface area contributed by atoms with E-state index in [9.17, 15) is 13.2 Å². The Morgan fingerprint density at radius 3 is 2.85 bits per heavy atom. The number of hydrogen-bond acceptors (Lipinski definition) is 7. The Balaban J connectivity index is 2.21. The molecule has 0 radical (unpaired) electrons. The second-order valence-corrected chi connectivity index (χ2v) is 8.58. The topological polar surface area (TPSA) is 90.7 Å². The van der Waals surface area contributed by atoms with Crippen LogP contribution in [0.2, 0.25) is 0 Å². The van der Waals surface area contributed by atoms with Crippen molar-refractivity contribution in [3.8, 4) is 0 Å². The number of nitrogens with zero attached hydrogens (tertiary/aromatic N) is 3. The average molecular weight is 388 g/mol. The Labute approximate surface area is 155 Å². The SMILES string of the molecule is CCCS(=O)(=O)c1ncc(CN(C)CC(=O)OCC)n1CC1CCCO1. The van der Waals surface area contributed by atoms with E-state index in [2.05, 4.69) is 4.98 Å². The maximum atomic E-state index is 12.6. The lowest BCUT2D eigenvalue weighted by atomic mass is 10.2. The zero-order chi connectivity index (χ0) is 19.2. The second-order valence-electron chi connectivity index (χ2n) is 6.57. The van der Waals surface area contributed by atoms with Gasteiger partial charge in [0.25, 0.3) is 0 Å². The molecule has 148 valence electrons. The molecule has 0 aliphatic carbocycles. The largest absolute Gasteiger partial charge is 0.465 e. The number of carbonyl (C=O) groups is 1. The van der Waals surface area contributed by atoms with Gasteiger partial charge in [-0.3, -0.25) is 9.69 Å². The second kappa shape index (κ2) is 9.48. The Bertz CT molecular complexity index is 695. The smallest absolute Gasteiger partial charge is 0.320 e. The quantitative estimate of drug-likeness (QED) is 0.558. The number of sulfone groups is 1. The van der Waals surface area contributed by atoms with Crippen LogP contribution >= 0.6 is 0 Å².